The Labute approximate surface area is 295 Å². The summed E-state index contributed by atoms with van der Waals surface area (Å²) in [7, 11) is 0. The SMILES string of the molecule is Fc1cc(F)cc(-c2cnc3c4cc(-n5c6ccccc6c6ccccc65)ccc4c4ccc(-n5c6ccccc6c6ccccc65)cc4c3n2)c1. The van der Waals surface area contributed by atoms with Crippen molar-refractivity contribution >= 4 is 76.2 Å². The van der Waals surface area contributed by atoms with E-state index in [1.165, 1.54) is 33.7 Å². The summed E-state index contributed by atoms with van der Waals surface area (Å²) in [5.41, 5.74) is 8.52. The van der Waals surface area contributed by atoms with Gasteiger partial charge in [0, 0.05) is 55.3 Å². The molecule has 0 unspecified atom stereocenters. The molecule has 8 aromatic carbocycles. The second-order valence-corrected chi connectivity index (χ2v) is 13.3. The first-order valence-corrected chi connectivity index (χ1v) is 17.2. The molecule has 0 aliphatic rings. The highest BCUT2D eigenvalue weighted by Crippen LogP contribution is 2.40. The Morgan fingerprint density at radius 3 is 1.27 bits per heavy atom. The summed E-state index contributed by atoms with van der Waals surface area (Å²) in [6.07, 6.45) is 1.62. The lowest BCUT2D eigenvalue weighted by Crippen LogP contribution is -1.98. The molecule has 0 saturated carbocycles. The number of para-hydroxylation sites is 4. The Hall–Kier alpha value is -6.92. The van der Waals surface area contributed by atoms with Crippen LogP contribution in [0.25, 0.3) is 98.8 Å². The second-order valence-electron chi connectivity index (χ2n) is 13.3. The van der Waals surface area contributed by atoms with Gasteiger partial charge < -0.3 is 9.13 Å². The molecule has 3 aromatic heterocycles. The Morgan fingerprint density at radius 2 is 0.808 bits per heavy atom. The van der Waals surface area contributed by atoms with E-state index < -0.39 is 11.6 Å². The van der Waals surface area contributed by atoms with E-state index in [9.17, 15) is 8.78 Å². The van der Waals surface area contributed by atoms with Gasteiger partial charge in [-0.15, -0.1) is 0 Å². The van der Waals surface area contributed by atoms with Gasteiger partial charge in [0.05, 0.1) is 45.0 Å². The van der Waals surface area contributed by atoms with Gasteiger partial charge in [0.25, 0.3) is 0 Å². The van der Waals surface area contributed by atoms with Crippen LogP contribution in [0.3, 0.4) is 0 Å². The zero-order chi connectivity index (χ0) is 34.5. The first-order chi connectivity index (χ1) is 25.6. The summed E-state index contributed by atoms with van der Waals surface area (Å²) in [6.45, 7) is 0. The summed E-state index contributed by atoms with van der Waals surface area (Å²) in [6, 6.07) is 50.3. The van der Waals surface area contributed by atoms with Crippen molar-refractivity contribution in [3.63, 3.8) is 0 Å². The number of aromatic nitrogens is 4. The molecule has 0 bridgehead atoms. The standard InChI is InChI=1S/C46H26F2N4/c47-28-21-27(22-29(48)23-28)40-26-49-45-38-24-30(51-41-13-5-1-9-34(41)35-10-2-6-14-42(35)51)17-19-32(38)33-20-18-31(25-39(33)46(45)50-40)52-43-15-7-3-11-36(43)37-12-4-8-16-44(37)52/h1-26H. The van der Waals surface area contributed by atoms with Crippen LogP contribution in [0.15, 0.2) is 158 Å². The zero-order valence-corrected chi connectivity index (χ0v) is 27.6. The van der Waals surface area contributed by atoms with Crippen LogP contribution in [0, 0.1) is 11.6 Å². The van der Waals surface area contributed by atoms with Crippen molar-refractivity contribution in [1.82, 2.24) is 19.1 Å². The lowest BCUT2D eigenvalue weighted by Gasteiger charge is -2.15. The average Bonchev–Trinajstić information content (AvgIpc) is 3.70. The van der Waals surface area contributed by atoms with E-state index in [0.717, 1.165) is 61.1 Å². The third-order valence-electron chi connectivity index (χ3n) is 10.4. The minimum atomic E-state index is -0.662. The van der Waals surface area contributed by atoms with Crippen LogP contribution < -0.4 is 0 Å². The van der Waals surface area contributed by atoms with Crippen LogP contribution >= 0.6 is 0 Å². The van der Waals surface area contributed by atoms with Gasteiger partial charge in [-0.2, -0.15) is 0 Å². The molecule has 0 amide bonds. The maximum Gasteiger partial charge on any atom is 0.126 e. The normalized spacial score (nSPS) is 12.0. The van der Waals surface area contributed by atoms with Gasteiger partial charge in [0.15, 0.2) is 0 Å². The molecule has 0 atom stereocenters. The molecule has 6 heteroatoms. The molecule has 4 nitrogen and oxygen atoms in total. The van der Waals surface area contributed by atoms with Crippen LogP contribution in [0.2, 0.25) is 0 Å². The van der Waals surface area contributed by atoms with Crippen molar-refractivity contribution in [1.29, 1.82) is 0 Å². The Bertz CT molecular complexity index is 3160. The van der Waals surface area contributed by atoms with Crippen LogP contribution in [0.4, 0.5) is 8.78 Å². The molecule has 11 aromatic rings. The van der Waals surface area contributed by atoms with Crippen molar-refractivity contribution in [3.8, 4) is 22.6 Å². The van der Waals surface area contributed by atoms with E-state index in [1.807, 2.05) is 0 Å². The first kappa shape index (κ1) is 28.9. The van der Waals surface area contributed by atoms with Crippen LogP contribution in [0.5, 0.6) is 0 Å². The summed E-state index contributed by atoms with van der Waals surface area (Å²) >= 11 is 0. The number of rotatable bonds is 3. The molecule has 0 radical (unpaired) electrons. The second kappa shape index (κ2) is 10.8. The third kappa shape index (κ3) is 4.12. The van der Waals surface area contributed by atoms with E-state index >= 15 is 0 Å². The van der Waals surface area contributed by atoms with E-state index in [-0.39, 0.29) is 0 Å². The van der Waals surface area contributed by atoms with E-state index in [1.54, 1.807) is 6.20 Å². The van der Waals surface area contributed by atoms with Crippen LogP contribution in [-0.2, 0) is 0 Å². The van der Waals surface area contributed by atoms with Gasteiger partial charge >= 0.3 is 0 Å². The smallest absolute Gasteiger partial charge is 0.126 e. The predicted molar refractivity (Wildman–Crippen MR) is 209 cm³/mol. The maximum absolute atomic E-state index is 14.5. The Morgan fingerprint density at radius 1 is 0.385 bits per heavy atom. The minimum Gasteiger partial charge on any atom is -0.309 e. The van der Waals surface area contributed by atoms with Gasteiger partial charge in [0.1, 0.15) is 11.6 Å². The van der Waals surface area contributed by atoms with Gasteiger partial charge in [-0.1, -0.05) is 84.9 Å². The van der Waals surface area contributed by atoms with Crippen molar-refractivity contribution in [2.24, 2.45) is 0 Å². The number of hydrogen-bond donors (Lipinski definition) is 0. The quantitative estimate of drug-likeness (QED) is 0.175. The van der Waals surface area contributed by atoms with Crippen molar-refractivity contribution in [3.05, 3.63) is 169 Å². The van der Waals surface area contributed by atoms with Crippen molar-refractivity contribution in [2.75, 3.05) is 0 Å². The summed E-state index contributed by atoms with van der Waals surface area (Å²) in [5.74, 6) is -1.32. The maximum atomic E-state index is 14.5. The largest absolute Gasteiger partial charge is 0.309 e. The van der Waals surface area contributed by atoms with Crippen LogP contribution in [-0.4, -0.2) is 19.1 Å². The van der Waals surface area contributed by atoms with E-state index in [0.29, 0.717) is 22.3 Å². The number of benzene rings is 8. The molecule has 0 saturated heterocycles. The fourth-order valence-electron chi connectivity index (χ4n) is 8.22. The Kier molecular flexibility index (Phi) is 5.99. The molecule has 11 rings (SSSR count). The number of fused-ring (bicyclic) bond motifs is 12. The molecule has 0 aliphatic carbocycles. The average molecular weight is 673 g/mol. The highest BCUT2D eigenvalue weighted by atomic mass is 19.1. The molecular weight excluding hydrogens is 647 g/mol. The van der Waals surface area contributed by atoms with Crippen LogP contribution in [0.1, 0.15) is 0 Å². The van der Waals surface area contributed by atoms with Gasteiger partial charge in [-0.3, -0.25) is 4.98 Å². The van der Waals surface area contributed by atoms with Crippen molar-refractivity contribution in [2.45, 2.75) is 0 Å². The molecule has 52 heavy (non-hydrogen) atoms. The number of hydrogen-bond acceptors (Lipinski definition) is 2. The highest BCUT2D eigenvalue weighted by molar-refractivity contribution is 6.24. The summed E-state index contributed by atoms with van der Waals surface area (Å²) in [4.78, 5) is 10.1. The fraction of sp³-hybridized carbons (Fsp3) is 0. The highest BCUT2D eigenvalue weighted by Gasteiger charge is 2.19. The zero-order valence-electron chi connectivity index (χ0n) is 27.6. The molecule has 0 fully saturated rings. The number of halogens is 2. The van der Waals surface area contributed by atoms with Gasteiger partial charge in [-0.25, -0.2) is 13.8 Å². The monoisotopic (exact) mass is 672 g/mol. The Balaban J connectivity index is 1.24. The lowest BCUT2D eigenvalue weighted by molar-refractivity contribution is 0.584. The van der Waals surface area contributed by atoms with E-state index in [2.05, 4.69) is 143 Å². The molecule has 0 spiro atoms. The topological polar surface area (TPSA) is 35.6 Å². The minimum absolute atomic E-state index is 0.331. The molecule has 3 heterocycles. The van der Waals surface area contributed by atoms with E-state index in [4.69, 9.17) is 9.97 Å². The van der Waals surface area contributed by atoms with Crippen molar-refractivity contribution < 1.29 is 8.78 Å². The predicted octanol–water partition coefficient (Wildman–Crippen LogP) is 12.1. The molecular formula is C46H26F2N4. The summed E-state index contributed by atoms with van der Waals surface area (Å²) in [5, 5.41) is 8.62. The first-order valence-electron chi connectivity index (χ1n) is 17.2. The molecule has 0 aliphatic heterocycles. The van der Waals surface area contributed by atoms with Gasteiger partial charge in [0.2, 0.25) is 0 Å². The number of nitrogens with zero attached hydrogens (tertiary/aromatic N) is 4. The lowest BCUT2D eigenvalue weighted by atomic mass is 9.98. The summed E-state index contributed by atoms with van der Waals surface area (Å²) < 4.78 is 33.5. The fourth-order valence-corrected chi connectivity index (χ4v) is 8.22. The third-order valence-corrected chi connectivity index (χ3v) is 10.4. The molecule has 0 N–H and O–H groups in total. The molecule has 244 valence electrons. The van der Waals surface area contributed by atoms with Gasteiger partial charge in [-0.05, 0) is 71.4 Å².